The first-order valence-electron chi connectivity index (χ1n) is 6.96. The molecule has 18 heavy (non-hydrogen) atoms. The molecule has 0 heteroatoms. The third-order valence-electron chi connectivity index (χ3n) is 2.72. The second-order valence-electron chi connectivity index (χ2n) is 6.00. The Kier molecular flexibility index (Phi) is 7.66. The summed E-state index contributed by atoms with van der Waals surface area (Å²) < 4.78 is 0. The molecule has 0 aliphatic carbocycles. The van der Waals surface area contributed by atoms with Crippen LogP contribution in [0, 0.1) is 19.8 Å². The van der Waals surface area contributed by atoms with Gasteiger partial charge in [0.2, 0.25) is 0 Å². The van der Waals surface area contributed by atoms with E-state index in [-0.39, 0.29) is 0 Å². The summed E-state index contributed by atoms with van der Waals surface area (Å²) in [6, 6.07) is 6.64. The van der Waals surface area contributed by atoms with Crippen molar-refractivity contribution < 1.29 is 0 Å². The molecule has 0 aliphatic rings. The third-order valence-corrected chi connectivity index (χ3v) is 2.72. The zero-order valence-corrected chi connectivity index (χ0v) is 13.5. The molecule has 0 N–H and O–H groups in total. The molecule has 1 rings (SSSR count). The Bertz CT molecular complexity index is 377. The lowest BCUT2D eigenvalue weighted by Crippen LogP contribution is -1.91. The fourth-order valence-electron chi connectivity index (χ4n) is 2.05. The van der Waals surface area contributed by atoms with Gasteiger partial charge in [0, 0.05) is 0 Å². The van der Waals surface area contributed by atoms with Crippen LogP contribution in [-0.2, 0) is 0 Å². The molecule has 0 unspecified atom stereocenters. The van der Waals surface area contributed by atoms with Crippen molar-refractivity contribution in [3.63, 3.8) is 0 Å². The summed E-state index contributed by atoms with van der Waals surface area (Å²) in [5, 5.41) is 0. The number of allylic oxidation sites excluding steroid dienone is 2. The molecule has 0 fully saturated rings. The van der Waals surface area contributed by atoms with Crippen LogP contribution in [0.5, 0.6) is 0 Å². The monoisotopic (exact) mass is 246 g/mol. The molecule has 1 aromatic rings. The maximum Gasteiger partial charge on any atom is -0.0216 e. The number of benzene rings is 1. The first-order chi connectivity index (χ1) is 8.23. The first-order valence-corrected chi connectivity index (χ1v) is 6.96. The van der Waals surface area contributed by atoms with Crippen LogP contribution < -0.4 is 0 Å². The standard InChI is InChI=1S/C11H16.C7H14/c1-8(2)11-7-9(3)5-6-10(11)4;1-6(2)5-7(3)4/h5-8H,1-4H3;5-6H,1-4H3. The molecular formula is C18H30. The lowest BCUT2D eigenvalue weighted by Gasteiger charge is -2.09. The number of hydrogen-bond donors (Lipinski definition) is 0. The van der Waals surface area contributed by atoms with Crippen LogP contribution >= 0.6 is 0 Å². The van der Waals surface area contributed by atoms with Gasteiger partial charge in [-0.1, -0.05) is 63.1 Å². The molecule has 0 saturated heterocycles. The van der Waals surface area contributed by atoms with E-state index in [0.29, 0.717) is 11.8 Å². The van der Waals surface area contributed by atoms with Gasteiger partial charge < -0.3 is 0 Å². The van der Waals surface area contributed by atoms with Crippen molar-refractivity contribution in [1.82, 2.24) is 0 Å². The molecule has 0 aliphatic heterocycles. The van der Waals surface area contributed by atoms with Gasteiger partial charge in [0.05, 0.1) is 0 Å². The molecule has 102 valence electrons. The molecular weight excluding hydrogens is 216 g/mol. The Balaban J connectivity index is 0.000000360. The van der Waals surface area contributed by atoms with Crippen molar-refractivity contribution in [2.45, 2.75) is 61.3 Å². The van der Waals surface area contributed by atoms with Gasteiger partial charge in [-0.15, -0.1) is 0 Å². The minimum atomic E-state index is 0.648. The molecule has 0 spiro atoms. The Morgan fingerprint density at radius 1 is 1.00 bits per heavy atom. The van der Waals surface area contributed by atoms with Gasteiger partial charge in [-0.05, 0) is 50.7 Å². The predicted molar refractivity (Wildman–Crippen MR) is 84.3 cm³/mol. The summed E-state index contributed by atoms with van der Waals surface area (Å²) in [4.78, 5) is 0. The summed E-state index contributed by atoms with van der Waals surface area (Å²) in [5.74, 6) is 1.36. The topological polar surface area (TPSA) is 0 Å². The van der Waals surface area contributed by atoms with E-state index < -0.39 is 0 Å². The normalized spacial score (nSPS) is 10.1. The molecule has 0 radical (unpaired) electrons. The molecule has 0 saturated carbocycles. The summed E-state index contributed by atoms with van der Waals surface area (Å²) >= 11 is 0. The molecule has 0 aromatic heterocycles. The molecule has 0 heterocycles. The molecule has 0 atom stereocenters. The van der Waals surface area contributed by atoms with Crippen LogP contribution in [0.25, 0.3) is 0 Å². The fraction of sp³-hybridized carbons (Fsp3) is 0.556. The lowest BCUT2D eigenvalue weighted by molar-refractivity contribution is 0.822. The van der Waals surface area contributed by atoms with Crippen LogP contribution in [-0.4, -0.2) is 0 Å². The van der Waals surface area contributed by atoms with Crippen molar-refractivity contribution in [2.75, 3.05) is 0 Å². The van der Waals surface area contributed by atoms with Crippen LogP contribution in [0.15, 0.2) is 29.8 Å². The maximum absolute atomic E-state index is 2.28. The summed E-state index contributed by atoms with van der Waals surface area (Å²) in [6.07, 6.45) is 2.25. The van der Waals surface area contributed by atoms with E-state index >= 15 is 0 Å². The van der Waals surface area contributed by atoms with Crippen molar-refractivity contribution >= 4 is 0 Å². The fourth-order valence-corrected chi connectivity index (χ4v) is 2.05. The largest absolute Gasteiger partial charge is 0.0833 e. The average molecular weight is 246 g/mol. The quantitative estimate of drug-likeness (QED) is 0.558. The highest BCUT2D eigenvalue weighted by atomic mass is 14.1. The van der Waals surface area contributed by atoms with Crippen molar-refractivity contribution in [2.24, 2.45) is 5.92 Å². The van der Waals surface area contributed by atoms with Gasteiger partial charge in [-0.3, -0.25) is 0 Å². The zero-order valence-electron chi connectivity index (χ0n) is 13.5. The summed E-state index contributed by atoms with van der Waals surface area (Å²) in [6.45, 7) is 17.4. The van der Waals surface area contributed by atoms with E-state index in [4.69, 9.17) is 0 Å². The van der Waals surface area contributed by atoms with Crippen LogP contribution in [0.4, 0.5) is 0 Å². The third kappa shape index (κ3) is 7.32. The Hall–Kier alpha value is -1.04. The Morgan fingerprint density at radius 2 is 1.56 bits per heavy atom. The highest BCUT2D eigenvalue weighted by molar-refractivity contribution is 5.32. The van der Waals surface area contributed by atoms with Gasteiger partial charge in [0.15, 0.2) is 0 Å². The minimum absolute atomic E-state index is 0.648. The molecule has 0 bridgehead atoms. The van der Waals surface area contributed by atoms with E-state index in [1.807, 2.05) is 0 Å². The molecule has 0 nitrogen and oxygen atoms in total. The zero-order chi connectivity index (χ0) is 14.3. The van der Waals surface area contributed by atoms with Crippen molar-refractivity contribution in [3.05, 3.63) is 46.5 Å². The highest BCUT2D eigenvalue weighted by Crippen LogP contribution is 2.19. The Labute approximate surface area is 114 Å². The second-order valence-corrected chi connectivity index (χ2v) is 6.00. The van der Waals surface area contributed by atoms with Crippen LogP contribution in [0.3, 0.4) is 0 Å². The smallest absolute Gasteiger partial charge is 0.0216 e. The first kappa shape index (κ1) is 17.0. The van der Waals surface area contributed by atoms with E-state index in [0.717, 1.165) is 0 Å². The average Bonchev–Trinajstić information content (AvgIpc) is 2.20. The van der Waals surface area contributed by atoms with E-state index in [2.05, 4.69) is 79.7 Å². The minimum Gasteiger partial charge on any atom is -0.0833 e. The highest BCUT2D eigenvalue weighted by Gasteiger charge is 2.01. The molecule has 1 aromatic carbocycles. The number of hydrogen-bond acceptors (Lipinski definition) is 0. The maximum atomic E-state index is 2.28. The van der Waals surface area contributed by atoms with Gasteiger partial charge >= 0.3 is 0 Å². The number of aryl methyl sites for hydroxylation is 2. The number of rotatable bonds is 2. The summed E-state index contributed by atoms with van der Waals surface area (Å²) in [7, 11) is 0. The van der Waals surface area contributed by atoms with E-state index in [9.17, 15) is 0 Å². The van der Waals surface area contributed by atoms with Crippen molar-refractivity contribution in [1.29, 1.82) is 0 Å². The van der Waals surface area contributed by atoms with Gasteiger partial charge in [0.25, 0.3) is 0 Å². The van der Waals surface area contributed by atoms with Gasteiger partial charge in [-0.2, -0.15) is 0 Å². The second kappa shape index (κ2) is 8.13. The van der Waals surface area contributed by atoms with Crippen molar-refractivity contribution in [3.8, 4) is 0 Å². The van der Waals surface area contributed by atoms with E-state index in [1.54, 1.807) is 0 Å². The summed E-state index contributed by atoms with van der Waals surface area (Å²) in [5.41, 5.74) is 5.66. The lowest BCUT2D eigenvalue weighted by atomic mass is 9.96. The van der Waals surface area contributed by atoms with Gasteiger partial charge in [-0.25, -0.2) is 0 Å². The van der Waals surface area contributed by atoms with Gasteiger partial charge in [0.1, 0.15) is 0 Å². The molecule has 0 amide bonds. The Morgan fingerprint density at radius 3 is 1.83 bits per heavy atom. The SMILES string of the molecule is CC(C)=CC(C)C.Cc1ccc(C)c(C(C)C)c1. The predicted octanol–water partition coefficient (Wildman–Crippen LogP) is 6.04. The van der Waals surface area contributed by atoms with Crippen LogP contribution in [0.1, 0.15) is 64.2 Å². The van der Waals surface area contributed by atoms with Crippen LogP contribution in [0.2, 0.25) is 0 Å². The van der Waals surface area contributed by atoms with E-state index in [1.165, 1.54) is 22.3 Å².